The van der Waals surface area contributed by atoms with Crippen LogP contribution in [0.4, 0.5) is 0 Å². The minimum absolute atomic E-state index is 0.239. The molecule has 0 amide bonds. The molecule has 0 saturated carbocycles. The van der Waals surface area contributed by atoms with Gasteiger partial charge in [-0.15, -0.1) is 0 Å². The molecule has 2 atom stereocenters. The molecule has 0 radical (unpaired) electrons. The molecule has 0 N–H and O–H groups in total. The van der Waals surface area contributed by atoms with Crippen molar-refractivity contribution in [3.63, 3.8) is 0 Å². The van der Waals surface area contributed by atoms with E-state index in [0.717, 1.165) is 10.8 Å². The van der Waals surface area contributed by atoms with Crippen molar-refractivity contribution in [3.8, 4) is 0 Å². The molecule has 0 bridgehead atoms. The monoisotopic (exact) mass is 332 g/mol. The zero-order valence-electron chi connectivity index (χ0n) is 10.4. The summed E-state index contributed by atoms with van der Waals surface area (Å²) in [6, 6.07) is 8.51. The Morgan fingerprint density at radius 1 is 1.31 bits per heavy atom. The Kier molecular flexibility index (Phi) is 6.36. The fourth-order valence-corrected chi connectivity index (χ4v) is 2.58. The van der Waals surface area contributed by atoms with Crippen LogP contribution in [0.2, 0.25) is 0 Å². The molecule has 0 aromatic heterocycles. The van der Waals surface area contributed by atoms with E-state index in [1.54, 1.807) is 0 Å². The van der Waals surface area contributed by atoms with Crippen molar-refractivity contribution < 1.29 is 4.74 Å². The average molecular weight is 332 g/mol. The van der Waals surface area contributed by atoms with Gasteiger partial charge < -0.3 is 4.74 Å². The molecule has 90 valence electrons. The summed E-state index contributed by atoms with van der Waals surface area (Å²) in [7, 11) is 0. The maximum absolute atomic E-state index is 6.10. The molecule has 0 aliphatic carbocycles. The lowest BCUT2D eigenvalue weighted by molar-refractivity contribution is 0.00651. The van der Waals surface area contributed by atoms with E-state index in [9.17, 15) is 0 Å². The van der Waals surface area contributed by atoms with Gasteiger partial charge in [-0.2, -0.15) is 0 Å². The maximum atomic E-state index is 6.10. The summed E-state index contributed by atoms with van der Waals surface area (Å²) in [6.45, 7) is 6.52. The highest BCUT2D eigenvalue weighted by Gasteiger charge is 2.15. The molecule has 1 rings (SSSR count). The largest absolute Gasteiger partial charge is 0.370 e. The molecular formula is C14H21IO. The second-order valence-electron chi connectivity index (χ2n) is 4.23. The van der Waals surface area contributed by atoms with Crippen LogP contribution < -0.4 is 0 Å². The van der Waals surface area contributed by atoms with Gasteiger partial charge in [-0.25, -0.2) is 0 Å². The van der Waals surface area contributed by atoms with E-state index in [2.05, 4.69) is 67.6 Å². The summed E-state index contributed by atoms with van der Waals surface area (Å²) in [5.41, 5.74) is 2.66. The first kappa shape index (κ1) is 14.0. The molecule has 0 heterocycles. The number of aryl methyl sites for hydroxylation is 1. The highest BCUT2D eigenvalue weighted by Crippen LogP contribution is 2.25. The van der Waals surface area contributed by atoms with E-state index in [1.807, 2.05) is 0 Å². The van der Waals surface area contributed by atoms with Gasteiger partial charge >= 0.3 is 0 Å². The van der Waals surface area contributed by atoms with E-state index in [4.69, 9.17) is 4.74 Å². The first-order valence-corrected chi connectivity index (χ1v) is 7.48. The zero-order valence-corrected chi connectivity index (χ0v) is 12.5. The van der Waals surface area contributed by atoms with Gasteiger partial charge in [-0.05, 0) is 31.4 Å². The van der Waals surface area contributed by atoms with Crippen LogP contribution >= 0.6 is 22.6 Å². The van der Waals surface area contributed by atoms with Gasteiger partial charge in [0, 0.05) is 4.43 Å². The Bertz CT molecular complexity index is 311. The van der Waals surface area contributed by atoms with E-state index >= 15 is 0 Å². The minimum Gasteiger partial charge on any atom is -0.370 e. The Morgan fingerprint density at radius 3 is 2.56 bits per heavy atom. The number of halogens is 1. The molecule has 1 aromatic carbocycles. The summed E-state index contributed by atoms with van der Waals surface area (Å²) >= 11 is 2.41. The van der Waals surface area contributed by atoms with Crippen molar-refractivity contribution in [2.24, 2.45) is 0 Å². The normalized spacial score (nSPS) is 14.8. The first-order chi connectivity index (χ1) is 7.69. The van der Waals surface area contributed by atoms with Crippen molar-refractivity contribution in [3.05, 3.63) is 35.4 Å². The number of alkyl halides is 1. The third-order valence-corrected chi connectivity index (χ3v) is 3.57. The smallest absolute Gasteiger partial charge is 0.0920 e. The van der Waals surface area contributed by atoms with Crippen LogP contribution in [0.5, 0.6) is 0 Å². The van der Waals surface area contributed by atoms with Gasteiger partial charge in [0.1, 0.15) is 0 Å². The third kappa shape index (κ3) is 4.06. The number of rotatable bonds is 6. The number of ether oxygens (including phenoxy) is 1. The van der Waals surface area contributed by atoms with Crippen molar-refractivity contribution in [1.82, 2.24) is 0 Å². The first-order valence-electron chi connectivity index (χ1n) is 5.96. The van der Waals surface area contributed by atoms with Crippen molar-refractivity contribution >= 4 is 22.6 Å². The summed E-state index contributed by atoms with van der Waals surface area (Å²) in [4.78, 5) is 0. The van der Waals surface area contributed by atoms with Crippen LogP contribution in [-0.4, -0.2) is 10.5 Å². The predicted octanol–water partition coefficient (Wildman–Crippen LogP) is 4.68. The van der Waals surface area contributed by atoms with Gasteiger partial charge in [-0.3, -0.25) is 0 Å². The third-order valence-electron chi connectivity index (χ3n) is 2.77. The molecule has 0 saturated heterocycles. The Balaban J connectivity index is 2.71. The van der Waals surface area contributed by atoms with Crippen LogP contribution in [0.1, 0.15) is 43.9 Å². The van der Waals surface area contributed by atoms with Crippen molar-refractivity contribution in [2.75, 3.05) is 4.43 Å². The summed E-state index contributed by atoms with van der Waals surface area (Å²) < 4.78 is 7.11. The molecule has 0 fully saturated rings. The average Bonchev–Trinajstić information content (AvgIpc) is 2.27. The zero-order chi connectivity index (χ0) is 12.0. The van der Waals surface area contributed by atoms with Crippen molar-refractivity contribution in [1.29, 1.82) is 0 Å². The van der Waals surface area contributed by atoms with Crippen molar-refractivity contribution in [2.45, 2.75) is 45.8 Å². The fraction of sp³-hybridized carbons (Fsp3) is 0.571. The second-order valence-corrected chi connectivity index (χ2v) is 5.12. The highest BCUT2D eigenvalue weighted by molar-refractivity contribution is 14.1. The van der Waals surface area contributed by atoms with Gasteiger partial charge in [0.15, 0.2) is 0 Å². The number of hydrogen-bond acceptors (Lipinski definition) is 1. The van der Waals surface area contributed by atoms with Gasteiger partial charge in [0.05, 0.1) is 12.2 Å². The van der Waals surface area contributed by atoms with E-state index in [-0.39, 0.29) is 6.10 Å². The lowest BCUT2D eigenvalue weighted by atomic mass is 10.0. The standard InChI is InChI=1S/C14H21IO/c1-4-7-12(3)16-14(10-15)13-9-6-5-8-11(13)2/h5-6,8-9,12,14H,4,7,10H2,1-3H3. The number of hydrogen-bond donors (Lipinski definition) is 0. The quantitative estimate of drug-likeness (QED) is 0.543. The lowest BCUT2D eigenvalue weighted by Crippen LogP contribution is -2.15. The Morgan fingerprint density at radius 2 is 2.00 bits per heavy atom. The molecule has 0 aliphatic heterocycles. The fourth-order valence-electron chi connectivity index (χ4n) is 1.90. The van der Waals surface area contributed by atoms with Crippen LogP contribution in [0.3, 0.4) is 0 Å². The molecule has 0 spiro atoms. The summed E-state index contributed by atoms with van der Waals surface area (Å²) in [5.74, 6) is 0. The van der Waals surface area contributed by atoms with Gasteiger partial charge in [0.2, 0.25) is 0 Å². The van der Waals surface area contributed by atoms with E-state index in [0.29, 0.717) is 6.10 Å². The van der Waals surface area contributed by atoms with Crippen LogP contribution in [0, 0.1) is 6.92 Å². The molecule has 1 nitrogen and oxygen atoms in total. The second kappa shape index (κ2) is 7.28. The summed E-state index contributed by atoms with van der Waals surface area (Å²) in [6.07, 6.45) is 2.91. The SMILES string of the molecule is CCCC(C)OC(CI)c1ccccc1C. The molecule has 2 heteroatoms. The van der Waals surface area contributed by atoms with E-state index in [1.165, 1.54) is 17.5 Å². The van der Waals surface area contributed by atoms with Crippen LogP contribution in [-0.2, 0) is 4.74 Å². The predicted molar refractivity (Wildman–Crippen MR) is 78.3 cm³/mol. The van der Waals surface area contributed by atoms with Crippen LogP contribution in [0.15, 0.2) is 24.3 Å². The number of benzene rings is 1. The van der Waals surface area contributed by atoms with E-state index < -0.39 is 0 Å². The lowest BCUT2D eigenvalue weighted by Gasteiger charge is -2.22. The molecule has 1 aromatic rings. The maximum Gasteiger partial charge on any atom is 0.0920 e. The molecular weight excluding hydrogens is 311 g/mol. The molecule has 2 unspecified atom stereocenters. The Labute approximate surface area is 113 Å². The molecule has 16 heavy (non-hydrogen) atoms. The Hall–Kier alpha value is -0.0900. The van der Waals surface area contributed by atoms with Crippen LogP contribution in [0.25, 0.3) is 0 Å². The van der Waals surface area contributed by atoms with Gasteiger partial charge in [-0.1, -0.05) is 60.2 Å². The topological polar surface area (TPSA) is 9.23 Å². The van der Waals surface area contributed by atoms with Gasteiger partial charge in [0.25, 0.3) is 0 Å². The molecule has 0 aliphatic rings. The minimum atomic E-state index is 0.239. The summed E-state index contributed by atoms with van der Waals surface area (Å²) in [5, 5.41) is 0. The highest BCUT2D eigenvalue weighted by atomic mass is 127.